The Kier molecular flexibility index (Phi) is 5.94. The summed E-state index contributed by atoms with van der Waals surface area (Å²) in [4.78, 5) is 35.0. The quantitative estimate of drug-likeness (QED) is 0.732. The molecule has 1 aromatic heterocycles. The Morgan fingerprint density at radius 2 is 1.85 bits per heavy atom. The van der Waals surface area contributed by atoms with Crippen LogP contribution in [0.5, 0.6) is 0 Å². The van der Waals surface area contributed by atoms with Gasteiger partial charge in [0.05, 0.1) is 5.92 Å². The molecule has 144 valence electrons. The number of ketones is 1. The molecule has 0 spiro atoms. The number of carbonyl (C=O) groups is 3. The van der Waals surface area contributed by atoms with E-state index in [0.29, 0.717) is 43.8 Å². The van der Waals surface area contributed by atoms with Crippen LogP contribution in [0.3, 0.4) is 0 Å². The molecule has 0 unspecified atom stereocenters. The van der Waals surface area contributed by atoms with Crippen LogP contribution in [0.2, 0.25) is 0 Å². The van der Waals surface area contributed by atoms with Gasteiger partial charge in [-0.25, -0.2) is 0 Å². The number of nitrogens with zero attached hydrogens (tertiary/aromatic N) is 1. The second-order valence-corrected chi connectivity index (χ2v) is 7.42. The molecule has 0 aliphatic heterocycles. The van der Waals surface area contributed by atoms with Gasteiger partial charge in [-0.3, -0.25) is 14.4 Å². The summed E-state index contributed by atoms with van der Waals surface area (Å²) in [5.41, 5.74) is 1.64. The monoisotopic (exact) mass is 370 g/mol. The third kappa shape index (κ3) is 4.56. The molecule has 1 heterocycles. The summed E-state index contributed by atoms with van der Waals surface area (Å²) in [6.45, 7) is 2.68. The van der Waals surface area contributed by atoms with E-state index in [1.165, 1.54) is 0 Å². The van der Waals surface area contributed by atoms with Crippen LogP contribution in [0, 0.1) is 11.8 Å². The predicted octanol–water partition coefficient (Wildman–Crippen LogP) is 3.24. The number of Topliss-reactive ketones (excluding diaryl/α,β-unsaturated/α-hetero) is 1. The number of fused-ring (bicyclic) bond motifs is 1. The van der Waals surface area contributed by atoms with E-state index in [1.54, 1.807) is 6.92 Å². The lowest BCUT2D eigenvalue weighted by Gasteiger charge is -2.26. The Balaban J connectivity index is 1.51. The molecule has 1 saturated carbocycles. The molecule has 6 heteroatoms. The van der Waals surface area contributed by atoms with Crippen molar-refractivity contribution in [1.82, 2.24) is 9.88 Å². The van der Waals surface area contributed by atoms with Crippen LogP contribution >= 0.6 is 0 Å². The highest BCUT2D eigenvalue weighted by Gasteiger charge is 2.25. The first-order valence-corrected chi connectivity index (χ1v) is 9.54. The van der Waals surface area contributed by atoms with Crippen molar-refractivity contribution in [3.63, 3.8) is 0 Å². The van der Waals surface area contributed by atoms with Gasteiger partial charge in [-0.05, 0) is 44.6 Å². The highest BCUT2D eigenvalue weighted by molar-refractivity contribution is 6.06. The fourth-order valence-electron chi connectivity index (χ4n) is 3.89. The smallest absolute Gasteiger partial charge is 0.306 e. The number of para-hydroxylation sites is 1. The normalized spacial score (nSPS) is 19.7. The number of amides is 1. The van der Waals surface area contributed by atoms with Gasteiger partial charge in [-0.1, -0.05) is 18.2 Å². The van der Waals surface area contributed by atoms with E-state index < -0.39 is 5.97 Å². The molecule has 0 atom stereocenters. The molecular formula is C21H26N2O4. The number of rotatable bonds is 7. The number of hydrogen-bond acceptors (Lipinski definition) is 3. The standard InChI is InChI=1S/C21H26N2O4/c1-14(24)18-13-23(19-5-3-2-4-17(18)19)11-10-20(25)22-12-15-6-8-16(9-7-15)21(26)27/h2-5,13,15-16H,6-12H2,1H3,(H,22,25)(H,26,27). The van der Waals surface area contributed by atoms with Gasteiger partial charge in [0.25, 0.3) is 0 Å². The largest absolute Gasteiger partial charge is 0.481 e. The lowest BCUT2D eigenvalue weighted by Crippen LogP contribution is -2.32. The van der Waals surface area contributed by atoms with E-state index in [2.05, 4.69) is 5.32 Å². The predicted molar refractivity (Wildman–Crippen MR) is 103 cm³/mol. The van der Waals surface area contributed by atoms with Crippen LogP contribution in [-0.2, 0) is 16.1 Å². The molecule has 3 rings (SSSR count). The molecule has 1 amide bonds. The van der Waals surface area contributed by atoms with E-state index in [4.69, 9.17) is 5.11 Å². The molecule has 1 fully saturated rings. The summed E-state index contributed by atoms with van der Waals surface area (Å²) in [5, 5.41) is 12.9. The van der Waals surface area contributed by atoms with E-state index >= 15 is 0 Å². The molecule has 27 heavy (non-hydrogen) atoms. The summed E-state index contributed by atoms with van der Waals surface area (Å²) in [7, 11) is 0. The lowest BCUT2D eigenvalue weighted by atomic mass is 9.82. The molecule has 2 aromatic rings. The Morgan fingerprint density at radius 1 is 1.15 bits per heavy atom. The molecule has 0 saturated heterocycles. The number of aromatic nitrogens is 1. The summed E-state index contributed by atoms with van der Waals surface area (Å²) < 4.78 is 1.96. The third-order valence-electron chi connectivity index (χ3n) is 5.53. The minimum absolute atomic E-state index is 0.0162. The van der Waals surface area contributed by atoms with Crippen molar-refractivity contribution in [1.29, 1.82) is 0 Å². The number of carboxylic acids is 1. The van der Waals surface area contributed by atoms with E-state index in [0.717, 1.165) is 23.7 Å². The van der Waals surface area contributed by atoms with Gasteiger partial charge >= 0.3 is 5.97 Å². The zero-order chi connectivity index (χ0) is 19.4. The first kappa shape index (κ1) is 19.1. The topological polar surface area (TPSA) is 88.4 Å². The first-order chi connectivity index (χ1) is 13.0. The van der Waals surface area contributed by atoms with Gasteiger partial charge in [-0.2, -0.15) is 0 Å². The second-order valence-electron chi connectivity index (χ2n) is 7.42. The zero-order valence-corrected chi connectivity index (χ0v) is 15.6. The van der Waals surface area contributed by atoms with E-state index in [-0.39, 0.29) is 17.6 Å². The summed E-state index contributed by atoms with van der Waals surface area (Å²) in [6.07, 6.45) is 5.26. The second kappa shape index (κ2) is 8.37. The average Bonchev–Trinajstić information content (AvgIpc) is 3.04. The first-order valence-electron chi connectivity index (χ1n) is 9.54. The van der Waals surface area contributed by atoms with Crippen molar-refractivity contribution in [2.45, 2.75) is 45.6 Å². The molecule has 0 radical (unpaired) electrons. The lowest BCUT2D eigenvalue weighted by molar-refractivity contribution is -0.143. The number of carbonyl (C=O) groups excluding carboxylic acids is 2. The molecule has 2 N–H and O–H groups in total. The summed E-state index contributed by atoms with van der Waals surface area (Å²) in [6, 6.07) is 7.72. The van der Waals surface area contributed by atoms with Crippen LogP contribution in [0.1, 0.15) is 49.4 Å². The number of hydrogen-bond donors (Lipinski definition) is 2. The summed E-state index contributed by atoms with van der Waals surface area (Å²) >= 11 is 0. The van der Waals surface area contributed by atoms with E-state index in [1.807, 2.05) is 35.0 Å². The van der Waals surface area contributed by atoms with Gasteiger partial charge in [0.15, 0.2) is 5.78 Å². The van der Waals surface area contributed by atoms with Crippen LogP contribution in [-0.4, -0.2) is 33.9 Å². The number of carboxylic acid groups (broad SMARTS) is 1. The number of nitrogens with one attached hydrogen (secondary N) is 1. The molecular weight excluding hydrogens is 344 g/mol. The number of aryl methyl sites for hydroxylation is 1. The maximum Gasteiger partial charge on any atom is 0.306 e. The van der Waals surface area contributed by atoms with Gasteiger partial charge in [0, 0.05) is 42.2 Å². The van der Waals surface area contributed by atoms with Crippen molar-refractivity contribution in [3.05, 3.63) is 36.0 Å². The highest BCUT2D eigenvalue weighted by atomic mass is 16.4. The van der Waals surface area contributed by atoms with Gasteiger partial charge < -0.3 is 15.0 Å². The Labute approximate surface area is 158 Å². The SMILES string of the molecule is CC(=O)c1cn(CCC(=O)NCC2CCC(C(=O)O)CC2)c2ccccc12. The maximum absolute atomic E-state index is 12.2. The molecule has 0 bridgehead atoms. The molecule has 6 nitrogen and oxygen atoms in total. The van der Waals surface area contributed by atoms with Gasteiger partial charge in [0.1, 0.15) is 0 Å². The van der Waals surface area contributed by atoms with Crippen LogP contribution in [0.4, 0.5) is 0 Å². The fraction of sp³-hybridized carbons (Fsp3) is 0.476. The third-order valence-corrected chi connectivity index (χ3v) is 5.53. The van der Waals surface area contributed by atoms with Crippen molar-refractivity contribution in [2.75, 3.05) is 6.54 Å². The fourth-order valence-corrected chi connectivity index (χ4v) is 3.89. The van der Waals surface area contributed by atoms with Crippen LogP contribution in [0.15, 0.2) is 30.5 Å². The minimum Gasteiger partial charge on any atom is -0.481 e. The van der Waals surface area contributed by atoms with Crippen LogP contribution < -0.4 is 5.32 Å². The maximum atomic E-state index is 12.2. The van der Waals surface area contributed by atoms with E-state index in [9.17, 15) is 14.4 Å². The molecule has 1 aliphatic rings. The van der Waals surface area contributed by atoms with Crippen molar-refractivity contribution in [3.8, 4) is 0 Å². The Hall–Kier alpha value is -2.63. The number of benzene rings is 1. The minimum atomic E-state index is -0.707. The van der Waals surface area contributed by atoms with Gasteiger partial charge in [0.2, 0.25) is 5.91 Å². The average molecular weight is 370 g/mol. The van der Waals surface area contributed by atoms with Crippen molar-refractivity contribution < 1.29 is 19.5 Å². The zero-order valence-electron chi connectivity index (χ0n) is 15.6. The molecule has 1 aliphatic carbocycles. The number of aliphatic carboxylic acids is 1. The highest BCUT2D eigenvalue weighted by Crippen LogP contribution is 2.28. The Bertz CT molecular complexity index is 847. The van der Waals surface area contributed by atoms with Gasteiger partial charge in [-0.15, -0.1) is 0 Å². The van der Waals surface area contributed by atoms with Crippen molar-refractivity contribution in [2.24, 2.45) is 11.8 Å². The Morgan fingerprint density at radius 3 is 2.52 bits per heavy atom. The molecule has 1 aromatic carbocycles. The summed E-state index contributed by atoms with van der Waals surface area (Å²) in [5.74, 6) is -0.569. The van der Waals surface area contributed by atoms with Crippen molar-refractivity contribution >= 4 is 28.6 Å². The van der Waals surface area contributed by atoms with Crippen LogP contribution in [0.25, 0.3) is 10.9 Å².